The number of primary sulfonamides is 1. The van der Waals surface area contributed by atoms with Crippen molar-refractivity contribution in [2.24, 2.45) is 5.14 Å². The maximum Gasteiger partial charge on any atom is 0.251 e. The van der Waals surface area contributed by atoms with Gasteiger partial charge in [-0.15, -0.1) is 0 Å². The SMILES string of the molecule is NS(=O)(=O)c1ccc(N2CC=CC2=O)cc1. The van der Waals surface area contributed by atoms with Gasteiger partial charge in [0.25, 0.3) is 5.91 Å². The standard InChI is InChI=1S/C10H10N2O3S/c11-16(14,15)9-5-3-8(4-6-9)12-7-1-2-10(12)13/h1-6H,7H2,(H2,11,14,15). The van der Waals surface area contributed by atoms with Crippen molar-refractivity contribution in [2.75, 3.05) is 11.4 Å². The molecule has 0 radical (unpaired) electrons. The van der Waals surface area contributed by atoms with Gasteiger partial charge < -0.3 is 4.90 Å². The molecule has 1 amide bonds. The zero-order valence-corrected chi connectivity index (χ0v) is 9.15. The number of amides is 1. The molecule has 1 aromatic carbocycles. The molecule has 1 aliphatic rings. The van der Waals surface area contributed by atoms with Gasteiger partial charge in [0.1, 0.15) is 0 Å². The van der Waals surface area contributed by atoms with Crippen molar-refractivity contribution in [1.29, 1.82) is 0 Å². The van der Waals surface area contributed by atoms with Crippen LogP contribution in [0, 0.1) is 0 Å². The molecule has 0 saturated heterocycles. The van der Waals surface area contributed by atoms with Gasteiger partial charge in [0.05, 0.1) is 4.90 Å². The quantitative estimate of drug-likeness (QED) is 0.801. The fourth-order valence-electron chi connectivity index (χ4n) is 1.49. The fourth-order valence-corrected chi connectivity index (χ4v) is 2.00. The summed E-state index contributed by atoms with van der Waals surface area (Å²) in [4.78, 5) is 12.9. The molecule has 0 aliphatic carbocycles. The number of sulfonamides is 1. The van der Waals surface area contributed by atoms with Crippen molar-refractivity contribution in [1.82, 2.24) is 0 Å². The van der Waals surface area contributed by atoms with E-state index in [0.29, 0.717) is 12.2 Å². The highest BCUT2D eigenvalue weighted by Gasteiger charge is 2.17. The van der Waals surface area contributed by atoms with Crippen molar-refractivity contribution in [3.05, 3.63) is 36.4 Å². The van der Waals surface area contributed by atoms with E-state index in [1.54, 1.807) is 18.2 Å². The van der Waals surface area contributed by atoms with E-state index in [9.17, 15) is 13.2 Å². The zero-order valence-electron chi connectivity index (χ0n) is 8.33. The van der Waals surface area contributed by atoms with E-state index in [4.69, 9.17) is 5.14 Å². The molecule has 2 N–H and O–H groups in total. The van der Waals surface area contributed by atoms with E-state index in [-0.39, 0.29) is 10.8 Å². The molecule has 1 aliphatic heterocycles. The third-order valence-corrected chi connectivity index (χ3v) is 3.22. The summed E-state index contributed by atoms with van der Waals surface area (Å²) in [5, 5.41) is 4.97. The predicted molar refractivity (Wildman–Crippen MR) is 59.3 cm³/mol. The third-order valence-electron chi connectivity index (χ3n) is 2.29. The highest BCUT2D eigenvalue weighted by molar-refractivity contribution is 7.89. The Morgan fingerprint density at radius 1 is 1.19 bits per heavy atom. The van der Waals surface area contributed by atoms with Gasteiger partial charge in [-0.25, -0.2) is 13.6 Å². The molecule has 0 bridgehead atoms. The number of benzene rings is 1. The first-order chi connectivity index (χ1) is 7.48. The molecule has 2 rings (SSSR count). The molecule has 0 unspecified atom stereocenters. The molecule has 0 atom stereocenters. The minimum Gasteiger partial charge on any atom is -0.305 e. The van der Waals surface area contributed by atoms with Gasteiger partial charge >= 0.3 is 0 Å². The molecule has 0 aromatic heterocycles. The molecule has 1 heterocycles. The number of anilines is 1. The van der Waals surface area contributed by atoms with Crippen LogP contribution in [-0.4, -0.2) is 20.9 Å². The lowest BCUT2D eigenvalue weighted by molar-refractivity contribution is -0.113. The van der Waals surface area contributed by atoms with Gasteiger partial charge in [-0.3, -0.25) is 4.79 Å². The summed E-state index contributed by atoms with van der Waals surface area (Å²) >= 11 is 0. The highest BCUT2D eigenvalue weighted by atomic mass is 32.2. The summed E-state index contributed by atoms with van der Waals surface area (Å²) in [6, 6.07) is 5.89. The summed E-state index contributed by atoms with van der Waals surface area (Å²) in [7, 11) is -3.68. The van der Waals surface area contributed by atoms with E-state index < -0.39 is 10.0 Å². The Morgan fingerprint density at radius 3 is 2.25 bits per heavy atom. The lowest BCUT2D eigenvalue weighted by atomic mass is 10.3. The molecule has 0 spiro atoms. The van der Waals surface area contributed by atoms with Crippen LogP contribution in [0.3, 0.4) is 0 Å². The summed E-state index contributed by atoms with van der Waals surface area (Å²) in [5.74, 6) is -0.108. The van der Waals surface area contributed by atoms with Gasteiger partial charge in [0.2, 0.25) is 10.0 Å². The van der Waals surface area contributed by atoms with Crippen LogP contribution in [0.2, 0.25) is 0 Å². The second kappa shape index (κ2) is 3.73. The zero-order chi connectivity index (χ0) is 11.8. The summed E-state index contributed by atoms with van der Waals surface area (Å²) in [6.07, 6.45) is 3.23. The minimum atomic E-state index is -3.68. The van der Waals surface area contributed by atoms with E-state index in [0.717, 1.165) is 0 Å². The van der Waals surface area contributed by atoms with Crippen LogP contribution in [0.4, 0.5) is 5.69 Å². The number of rotatable bonds is 2. The summed E-state index contributed by atoms with van der Waals surface area (Å²) in [6.45, 7) is 0.507. The van der Waals surface area contributed by atoms with Crippen LogP contribution in [0.1, 0.15) is 0 Å². The Balaban J connectivity index is 2.30. The van der Waals surface area contributed by atoms with Crippen LogP contribution in [0.5, 0.6) is 0 Å². The summed E-state index contributed by atoms with van der Waals surface area (Å²) in [5.41, 5.74) is 0.655. The molecular formula is C10H10N2O3S. The van der Waals surface area contributed by atoms with E-state index in [1.807, 2.05) is 0 Å². The van der Waals surface area contributed by atoms with E-state index >= 15 is 0 Å². The Morgan fingerprint density at radius 2 is 1.81 bits per heavy atom. The first-order valence-electron chi connectivity index (χ1n) is 4.59. The maximum absolute atomic E-state index is 11.4. The second-order valence-electron chi connectivity index (χ2n) is 3.39. The predicted octanol–water partition coefficient (Wildman–Crippen LogP) is 0.237. The van der Waals surface area contributed by atoms with E-state index in [2.05, 4.69) is 0 Å². The second-order valence-corrected chi connectivity index (χ2v) is 4.95. The number of carbonyl (C=O) groups is 1. The van der Waals surface area contributed by atoms with Crippen molar-refractivity contribution >= 4 is 21.6 Å². The molecule has 16 heavy (non-hydrogen) atoms. The van der Waals surface area contributed by atoms with Crippen molar-refractivity contribution in [3.8, 4) is 0 Å². The molecule has 0 fully saturated rings. The van der Waals surface area contributed by atoms with Gasteiger partial charge in [0.15, 0.2) is 0 Å². The Hall–Kier alpha value is -1.66. The summed E-state index contributed by atoms with van der Waals surface area (Å²) < 4.78 is 22.0. The molecule has 0 saturated carbocycles. The highest BCUT2D eigenvalue weighted by Crippen LogP contribution is 2.19. The number of carbonyl (C=O) groups excluding carboxylic acids is 1. The minimum absolute atomic E-state index is 0.0378. The normalized spacial score (nSPS) is 15.8. The first kappa shape index (κ1) is 10.8. The number of hydrogen-bond donors (Lipinski definition) is 1. The number of nitrogens with two attached hydrogens (primary N) is 1. The molecule has 1 aromatic rings. The lowest BCUT2D eigenvalue weighted by Gasteiger charge is -2.15. The van der Waals surface area contributed by atoms with Gasteiger partial charge in [-0.1, -0.05) is 6.08 Å². The largest absolute Gasteiger partial charge is 0.305 e. The van der Waals surface area contributed by atoms with Crippen molar-refractivity contribution in [3.63, 3.8) is 0 Å². The Labute approximate surface area is 93.2 Å². The van der Waals surface area contributed by atoms with Crippen molar-refractivity contribution in [2.45, 2.75) is 4.90 Å². The maximum atomic E-state index is 11.4. The third kappa shape index (κ3) is 1.98. The van der Waals surface area contributed by atoms with Crippen LogP contribution in [-0.2, 0) is 14.8 Å². The molecular weight excluding hydrogens is 228 g/mol. The molecule has 6 heteroatoms. The van der Waals surface area contributed by atoms with Crippen LogP contribution < -0.4 is 10.0 Å². The van der Waals surface area contributed by atoms with Gasteiger partial charge in [0, 0.05) is 18.3 Å². The number of hydrogen-bond acceptors (Lipinski definition) is 3. The topological polar surface area (TPSA) is 80.5 Å². The smallest absolute Gasteiger partial charge is 0.251 e. The van der Waals surface area contributed by atoms with Crippen molar-refractivity contribution < 1.29 is 13.2 Å². The first-order valence-corrected chi connectivity index (χ1v) is 6.14. The van der Waals surface area contributed by atoms with E-state index in [1.165, 1.54) is 23.1 Å². The monoisotopic (exact) mass is 238 g/mol. The Bertz CT molecular complexity index is 546. The average molecular weight is 238 g/mol. The van der Waals surface area contributed by atoms with Gasteiger partial charge in [-0.2, -0.15) is 0 Å². The molecule has 5 nitrogen and oxygen atoms in total. The van der Waals surface area contributed by atoms with Gasteiger partial charge in [-0.05, 0) is 24.3 Å². The van der Waals surface area contributed by atoms with Crippen LogP contribution in [0.25, 0.3) is 0 Å². The lowest BCUT2D eigenvalue weighted by Crippen LogP contribution is -2.24. The average Bonchev–Trinajstić information content (AvgIpc) is 2.63. The number of nitrogens with zero attached hydrogens (tertiary/aromatic N) is 1. The fraction of sp³-hybridized carbons (Fsp3) is 0.100. The Kier molecular flexibility index (Phi) is 2.53. The van der Waals surface area contributed by atoms with Crippen LogP contribution >= 0.6 is 0 Å². The molecule has 84 valence electrons. The van der Waals surface area contributed by atoms with Crippen LogP contribution in [0.15, 0.2) is 41.3 Å².